The highest BCUT2D eigenvalue weighted by Gasteiger charge is 2.35. The molecule has 0 aliphatic rings. The Morgan fingerprint density at radius 3 is 2.27 bits per heavy atom. The van der Waals surface area contributed by atoms with Crippen LogP contribution in [0.3, 0.4) is 0 Å². The predicted octanol–water partition coefficient (Wildman–Crippen LogP) is 2.47. The van der Waals surface area contributed by atoms with E-state index in [-0.39, 0.29) is 24.2 Å². The summed E-state index contributed by atoms with van der Waals surface area (Å²) in [4.78, 5) is 21.7. The van der Waals surface area contributed by atoms with Gasteiger partial charge < -0.3 is 0 Å². The Morgan fingerprint density at radius 1 is 1.36 bits per heavy atom. The SMILES string of the molecule is C=Cc1ccc(C(C)=O)c([N+](=O)[O-])c1S(=O)(=O)N(CC)CC. The van der Waals surface area contributed by atoms with Gasteiger partial charge in [0.05, 0.1) is 10.5 Å². The Hall–Kier alpha value is -2.06. The van der Waals surface area contributed by atoms with Crippen molar-refractivity contribution in [1.82, 2.24) is 4.31 Å². The zero-order valence-electron chi connectivity index (χ0n) is 12.7. The van der Waals surface area contributed by atoms with E-state index in [1.54, 1.807) is 13.8 Å². The van der Waals surface area contributed by atoms with Gasteiger partial charge in [-0.2, -0.15) is 4.31 Å². The van der Waals surface area contributed by atoms with Crippen LogP contribution in [-0.2, 0) is 10.0 Å². The van der Waals surface area contributed by atoms with Gasteiger partial charge in [0.25, 0.3) is 10.0 Å². The molecule has 8 heteroatoms. The zero-order chi connectivity index (χ0) is 17.1. The van der Waals surface area contributed by atoms with E-state index >= 15 is 0 Å². The maximum absolute atomic E-state index is 12.7. The van der Waals surface area contributed by atoms with E-state index < -0.39 is 31.3 Å². The van der Waals surface area contributed by atoms with Gasteiger partial charge in [0.15, 0.2) is 10.7 Å². The van der Waals surface area contributed by atoms with Crippen molar-refractivity contribution in [3.63, 3.8) is 0 Å². The molecule has 22 heavy (non-hydrogen) atoms. The van der Waals surface area contributed by atoms with Gasteiger partial charge in [-0.25, -0.2) is 8.42 Å². The molecule has 0 heterocycles. The van der Waals surface area contributed by atoms with Crippen LogP contribution in [-0.4, -0.2) is 36.5 Å². The van der Waals surface area contributed by atoms with Crippen molar-refractivity contribution >= 4 is 27.6 Å². The van der Waals surface area contributed by atoms with Gasteiger partial charge >= 0.3 is 5.69 Å². The van der Waals surface area contributed by atoms with Gasteiger partial charge in [0.1, 0.15) is 0 Å². The molecular formula is C14H18N2O5S. The normalized spacial score (nSPS) is 11.5. The Morgan fingerprint density at radius 2 is 1.91 bits per heavy atom. The zero-order valence-corrected chi connectivity index (χ0v) is 13.5. The highest BCUT2D eigenvalue weighted by molar-refractivity contribution is 7.89. The third-order valence-electron chi connectivity index (χ3n) is 3.25. The summed E-state index contributed by atoms with van der Waals surface area (Å²) in [6.45, 7) is 8.25. The van der Waals surface area contributed by atoms with Crippen molar-refractivity contribution < 1.29 is 18.1 Å². The molecular weight excluding hydrogens is 308 g/mol. The van der Waals surface area contributed by atoms with Gasteiger partial charge in [-0.05, 0) is 13.0 Å². The topological polar surface area (TPSA) is 97.6 Å². The van der Waals surface area contributed by atoms with Crippen molar-refractivity contribution in [1.29, 1.82) is 0 Å². The largest absolute Gasteiger partial charge is 0.300 e. The molecule has 0 unspecified atom stereocenters. The Bertz CT molecular complexity index is 721. The first kappa shape index (κ1) is 18.0. The monoisotopic (exact) mass is 326 g/mol. The summed E-state index contributed by atoms with van der Waals surface area (Å²) in [7, 11) is -4.11. The first-order valence-electron chi connectivity index (χ1n) is 6.67. The second-order valence-corrected chi connectivity index (χ2v) is 6.36. The van der Waals surface area contributed by atoms with Gasteiger partial charge in [0, 0.05) is 18.7 Å². The lowest BCUT2D eigenvalue weighted by Crippen LogP contribution is -2.32. The maximum atomic E-state index is 12.7. The summed E-state index contributed by atoms with van der Waals surface area (Å²) in [5.74, 6) is -0.571. The number of hydrogen-bond acceptors (Lipinski definition) is 5. The third kappa shape index (κ3) is 3.07. The Labute approximate surface area is 129 Å². The average molecular weight is 326 g/mol. The van der Waals surface area contributed by atoms with Crippen LogP contribution in [0.25, 0.3) is 6.08 Å². The van der Waals surface area contributed by atoms with E-state index in [1.165, 1.54) is 18.2 Å². The van der Waals surface area contributed by atoms with Gasteiger partial charge in [-0.15, -0.1) is 0 Å². The minimum atomic E-state index is -4.11. The molecule has 1 rings (SSSR count). The molecule has 0 N–H and O–H groups in total. The molecule has 0 saturated carbocycles. The van der Waals surface area contributed by atoms with Gasteiger partial charge in [-0.1, -0.05) is 32.6 Å². The summed E-state index contributed by atoms with van der Waals surface area (Å²) >= 11 is 0. The van der Waals surface area contributed by atoms with Crippen LogP contribution in [0.1, 0.15) is 36.7 Å². The molecule has 120 valence electrons. The summed E-state index contributed by atoms with van der Waals surface area (Å²) in [5.41, 5.74) is -0.832. The Kier molecular flexibility index (Phi) is 5.56. The summed E-state index contributed by atoms with van der Waals surface area (Å²) in [5, 5.41) is 11.4. The number of hydrogen-bond donors (Lipinski definition) is 0. The molecule has 0 saturated heterocycles. The molecule has 0 amide bonds. The molecule has 0 bridgehead atoms. The van der Waals surface area contributed by atoms with Crippen LogP contribution in [0.15, 0.2) is 23.6 Å². The lowest BCUT2D eigenvalue weighted by atomic mass is 10.1. The molecule has 0 aromatic heterocycles. The van der Waals surface area contributed by atoms with Crippen LogP contribution in [0.5, 0.6) is 0 Å². The van der Waals surface area contributed by atoms with Crippen molar-refractivity contribution in [3.8, 4) is 0 Å². The maximum Gasteiger partial charge on any atom is 0.300 e. The van der Waals surface area contributed by atoms with Crippen molar-refractivity contribution in [2.75, 3.05) is 13.1 Å². The summed E-state index contributed by atoms with van der Waals surface area (Å²) in [6, 6.07) is 2.60. The number of nitro benzene ring substituents is 1. The first-order valence-corrected chi connectivity index (χ1v) is 8.11. The van der Waals surface area contributed by atoms with E-state index in [2.05, 4.69) is 6.58 Å². The van der Waals surface area contributed by atoms with E-state index in [0.717, 1.165) is 11.2 Å². The molecule has 0 aliphatic carbocycles. The minimum Gasteiger partial charge on any atom is -0.294 e. The highest BCUT2D eigenvalue weighted by Crippen LogP contribution is 2.34. The lowest BCUT2D eigenvalue weighted by molar-refractivity contribution is -0.388. The minimum absolute atomic E-state index is 0.101. The van der Waals surface area contributed by atoms with Crippen LogP contribution in [0.2, 0.25) is 0 Å². The van der Waals surface area contributed by atoms with E-state index in [4.69, 9.17) is 0 Å². The summed E-state index contributed by atoms with van der Waals surface area (Å²) in [6.07, 6.45) is 1.23. The molecule has 7 nitrogen and oxygen atoms in total. The average Bonchev–Trinajstić information content (AvgIpc) is 2.46. The number of carbonyl (C=O) groups is 1. The highest BCUT2D eigenvalue weighted by atomic mass is 32.2. The third-order valence-corrected chi connectivity index (χ3v) is 5.39. The number of carbonyl (C=O) groups excluding carboxylic acids is 1. The first-order chi connectivity index (χ1) is 10.2. The van der Waals surface area contributed by atoms with E-state index in [0.29, 0.717) is 0 Å². The fourth-order valence-electron chi connectivity index (χ4n) is 2.18. The Balaban J connectivity index is 3.92. The van der Waals surface area contributed by atoms with Gasteiger partial charge in [-0.3, -0.25) is 14.9 Å². The molecule has 0 aliphatic heterocycles. The second kappa shape index (κ2) is 6.80. The van der Waals surface area contributed by atoms with Gasteiger partial charge in [0.2, 0.25) is 0 Å². The second-order valence-electron chi connectivity index (χ2n) is 4.49. The van der Waals surface area contributed by atoms with Crippen LogP contribution in [0, 0.1) is 10.1 Å². The quantitative estimate of drug-likeness (QED) is 0.435. The van der Waals surface area contributed by atoms with Crippen LogP contribution >= 0.6 is 0 Å². The predicted molar refractivity (Wildman–Crippen MR) is 83.3 cm³/mol. The molecule has 1 aromatic carbocycles. The van der Waals surface area contributed by atoms with Crippen molar-refractivity contribution in [2.24, 2.45) is 0 Å². The number of sulfonamides is 1. The number of benzene rings is 1. The fraction of sp³-hybridized carbons (Fsp3) is 0.357. The fourth-order valence-corrected chi connectivity index (χ4v) is 3.99. The number of rotatable bonds is 7. The summed E-state index contributed by atoms with van der Waals surface area (Å²) < 4.78 is 26.6. The molecule has 0 fully saturated rings. The molecule has 1 aromatic rings. The van der Waals surface area contributed by atoms with Crippen molar-refractivity contribution in [2.45, 2.75) is 25.7 Å². The smallest absolute Gasteiger partial charge is 0.294 e. The van der Waals surface area contributed by atoms with Crippen LogP contribution in [0.4, 0.5) is 5.69 Å². The van der Waals surface area contributed by atoms with Crippen molar-refractivity contribution in [3.05, 3.63) is 40.0 Å². The van der Waals surface area contributed by atoms with E-state index in [1.807, 2.05) is 0 Å². The number of nitro groups is 1. The lowest BCUT2D eigenvalue weighted by Gasteiger charge is -2.20. The molecule has 0 radical (unpaired) electrons. The van der Waals surface area contributed by atoms with E-state index in [9.17, 15) is 23.3 Å². The number of ketones is 1. The molecule has 0 spiro atoms. The number of Topliss-reactive ketones (excluding diaryl/α,β-unsaturated/α-hetero) is 1. The standard InChI is InChI=1S/C14H18N2O5S/c1-5-11-8-9-12(10(4)17)13(16(18)19)14(11)22(20,21)15(6-2)7-3/h5,8-9H,1,6-7H2,2-4H3. The number of nitrogens with zero attached hydrogens (tertiary/aromatic N) is 2. The van der Waals surface area contributed by atoms with Crippen LogP contribution < -0.4 is 0 Å². The molecule has 0 atom stereocenters.